The number of benzene rings is 12. The van der Waals surface area contributed by atoms with Crippen LogP contribution < -0.4 is 33.2 Å². The summed E-state index contributed by atoms with van der Waals surface area (Å²) in [5.41, 5.74) is 12.9. The Morgan fingerprint density at radius 3 is 0.711 bits per heavy atom. The maximum absolute atomic E-state index is 6.69. The minimum Gasteiger partial charge on any atom is -0.489 e. The third-order valence-corrected chi connectivity index (χ3v) is 14.4. The molecule has 83 heavy (non-hydrogen) atoms. The Labute approximate surface area is 485 Å². The van der Waals surface area contributed by atoms with Crippen LogP contribution in [0.15, 0.2) is 273 Å². The molecule has 0 amide bonds. The molecule has 0 saturated heterocycles. The molecule has 0 aliphatic carbocycles. The molecule has 0 atom stereocenters. The van der Waals surface area contributed by atoms with Crippen molar-refractivity contribution in [1.29, 1.82) is 0 Å². The number of hydrogen-bond acceptors (Lipinski definition) is 7. The average Bonchev–Trinajstić information content (AvgIpc) is 2.55. The minimum absolute atomic E-state index is 0.230. The fourth-order valence-electron chi connectivity index (χ4n) is 10.3. The lowest BCUT2D eigenvalue weighted by atomic mass is 9.86. The first-order valence-electron chi connectivity index (χ1n) is 28.1. The molecule has 0 aromatic heterocycles. The summed E-state index contributed by atoms with van der Waals surface area (Å²) in [7, 11) is 0. The molecule has 0 bridgehead atoms. The van der Waals surface area contributed by atoms with Crippen molar-refractivity contribution in [2.45, 2.75) is 53.2 Å². The molecule has 7 heteroatoms. The Morgan fingerprint density at radius 1 is 0.205 bits per heavy atom. The van der Waals surface area contributed by atoms with Crippen molar-refractivity contribution < 1.29 is 33.2 Å². The zero-order chi connectivity index (χ0) is 56.0. The predicted octanol–water partition coefficient (Wildman–Crippen LogP) is 18.7. The first-order chi connectivity index (χ1) is 41.0. The van der Waals surface area contributed by atoms with Crippen LogP contribution in [0.2, 0.25) is 0 Å². The second-order valence-corrected chi connectivity index (χ2v) is 20.6. The van der Waals surface area contributed by atoms with E-state index in [0.717, 1.165) is 50.3 Å². The Bertz CT molecular complexity index is 3740. The molecular weight excluding hydrogens is 1020 g/mol. The van der Waals surface area contributed by atoms with Crippen LogP contribution in [0.1, 0.15) is 44.5 Å². The Kier molecular flexibility index (Phi) is 16.7. The predicted molar refractivity (Wildman–Crippen MR) is 332 cm³/mol. The summed E-state index contributed by atoms with van der Waals surface area (Å²) in [5, 5.41) is 4.83. The first kappa shape index (κ1) is 53.4. The molecule has 0 aliphatic heterocycles. The molecule has 0 saturated carbocycles. The molecule has 7 nitrogen and oxygen atoms in total. The largest absolute Gasteiger partial charge is 0.489 e. The standard InChI is InChI=1S/C76H62O7/c1-54-30-32-62(33-31-54)75-71-26-14-16-28-73(71)76(74-29-17-15-27-72(74)75)63-34-36-64(37-35-63)77-51-59-38-69(82-52-60-40-65(78-47-55-18-6-2-7-19-55)44-66(41-60)79-48-56-20-8-3-9-21-56)46-70(39-59)83-53-61-42-67(80-49-57-22-10-4-11-23-57)45-68(43-61)81-50-58-24-12-5-13-25-58/h2-46H,47-53H2,1H3. The van der Waals surface area contributed by atoms with E-state index < -0.39 is 0 Å². The zero-order valence-electron chi connectivity index (χ0n) is 46.3. The summed E-state index contributed by atoms with van der Waals surface area (Å²) >= 11 is 0. The van der Waals surface area contributed by atoms with Gasteiger partial charge in [0, 0.05) is 18.2 Å². The van der Waals surface area contributed by atoms with Crippen LogP contribution in [0.4, 0.5) is 0 Å². The van der Waals surface area contributed by atoms with E-state index in [1.54, 1.807) is 0 Å². The van der Waals surface area contributed by atoms with Gasteiger partial charge >= 0.3 is 0 Å². The Hall–Kier alpha value is -10.2. The van der Waals surface area contributed by atoms with Gasteiger partial charge in [-0.25, -0.2) is 0 Å². The van der Waals surface area contributed by atoms with Crippen molar-refractivity contribution in [3.8, 4) is 62.5 Å². The van der Waals surface area contributed by atoms with E-state index >= 15 is 0 Å². The van der Waals surface area contributed by atoms with Crippen molar-refractivity contribution in [2.75, 3.05) is 0 Å². The van der Waals surface area contributed by atoms with Crippen molar-refractivity contribution >= 4 is 21.5 Å². The maximum atomic E-state index is 6.69. The molecule has 0 aliphatic rings. The number of aryl methyl sites for hydroxylation is 1. The highest BCUT2D eigenvalue weighted by molar-refractivity contribution is 6.21. The van der Waals surface area contributed by atoms with Crippen molar-refractivity contribution in [3.63, 3.8) is 0 Å². The van der Waals surface area contributed by atoms with Gasteiger partial charge in [-0.05, 0) is 138 Å². The van der Waals surface area contributed by atoms with E-state index in [1.807, 2.05) is 127 Å². The number of rotatable bonds is 23. The van der Waals surface area contributed by atoms with Crippen LogP contribution >= 0.6 is 0 Å². The molecule has 0 heterocycles. The van der Waals surface area contributed by atoms with Gasteiger partial charge in [-0.3, -0.25) is 0 Å². The molecule has 12 aromatic carbocycles. The summed E-state index contributed by atoms with van der Waals surface area (Å²) in [4.78, 5) is 0. The smallest absolute Gasteiger partial charge is 0.123 e. The van der Waals surface area contributed by atoms with Crippen LogP contribution in [0.5, 0.6) is 40.2 Å². The van der Waals surface area contributed by atoms with Gasteiger partial charge in [0.25, 0.3) is 0 Å². The van der Waals surface area contributed by atoms with Crippen LogP contribution in [-0.2, 0) is 46.2 Å². The van der Waals surface area contributed by atoms with E-state index in [4.69, 9.17) is 33.2 Å². The molecule has 0 N–H and O–H groups in total. The van der Waals surface area contributed by atoms with Gasteiger partial charge in [-0.2, -0.15) is 0 Å². The highest BCUT2D eigenvalue weighted by Crippen LogP contribution is 2.44. The van der Waals surface area contributed by atoms with E-state index in [0.29, 0.717) is 60.9 Å². The third kappa shape index (κ3) is 13.9. The summed E-state index contributed by atoms with van der Waals surface area (Å²) in [6.45, 7) is 4.48. The van der Waals surface area contributed by atoms with Crippen LogP contribution in [0, 0.1) is 6.92 Å². The second kappa shape index (κ2) is 25.9. The normalized spacial score (nSPS) is 11.0. The maximum Gasteiger partial charge on any atom is 0.123 e. The molecular formula is C76H62O7. The molecule has 0 spiro atoms. The molecule has 12 aromatic rings. The van der Waals surface area contributed by atoms with Crippen molar-refractivity contribution in [2.24, 2.45) is 0 Å². The van der Waals surface area contributed by atoms with Gasteiger partial charge in [-0.1, -0.05) is 212 Å². The summed E-state index contributed by atoms with van der Waals surface area (Å²) in [5.74, 6) is 4.67. The van der Waals surface area contributed by atoms with Gasteiger partial charge in [0.1, 0.15) is 86.5 Å². The van der Waals surface area contributed by atoms with E-state index in [2.05, 4.69) is 153 Å². The van der Waals surface area contributed by atoms with Gasteiger partial charge in [0.2, 0.25) is 0 Å². The lowest BCUT2D eigenvalue weighted by molar-refractivity contribution is 0.273. The van der Waals surface area contributed by atoms with Crippen LogP contribution in [0.25, 0.3) is 43.8 Å². The fourth-order valence-corrected chi connectivity index (χ4v) is 10.3. The number of fused-ring (bicyclic) bond motifs is 2. The zero-order valence-corrected chi connectivity index (χ0v) is 46.3. The second-order valence-electron chi connectivity index (χ2n) is 20.6. The summed E-state index contributed by atoms with van der Waals surface area (Å²) in [6, 6.07) is 93.0. The third-order valence-electron chi connectivity index (χ3n) is 14.4. The number of hydrogen-bond donors (Lipinski definition) is 0. The average molecular weight is 1090 g/mol. The minimum atomic E-state index is 0.230. The monoisotopic (exact) mass is 1090 g/mol. The summed E-state index contributed by atoms with van der Waals surface area (Å²) < 4.78 is 45.4. The first-order valence-corrected chi connectivity index (χ1v) is 28.1. The van der Waals surface area contributed by atoms with Crippen molar-refractivity contribution in [1.82, 2.24) is 0 Å². The van der Waals surface area contributed by atoms with E-state index in [-0.39, 0.29) is 19.8 Å². The Morgan fingerprint density at radius 2 is 0.434 bits per heavy atom. The molecule has 0 radical (unpaired) electrons. The summed E-state index contributed by atoms with van der Waals surface area (Å²) in [6.07, 6.45) is 0. The van der Waals surface area contributed by atoms with Crippen molar-refractivity contribution in [3.05, 3.63) is 317 Å². The quantitative estimate of drug-likeness (QED) is 0.0591. The lowest BCUT2D eigenvalue weighted by Crippen LogP contribution is -2.04. The van der Waals surface area contributed by atoms with Gasteiger partial charge in [-0.15, -0.1) is 0 Å². The topological polar surface area (TPSA) is 64.6 Å². The highest BCUT2D eigenvalue weighted by atomic mass is 16.5. The van der Waals surface area contributed by atoms with Crippen LogP contribution in [0.3, 0.4) is 0 Å². The van der Waals surface area contributed by atoms with E-state index in [1.165, 1.54) is 43.8 Å². The SMILES string of the molecule is Cc1ccc(-c2c3ccccc3c(-c3ccc(OCc4cc(OCc5cc(OCc6ccccc6)cc(OCc6ccccc6)c5)cc(OCc5cc(OCc6ccccc6)cc(OCc6ccccc6)c5)c4)cc3)c3ccccc23)cc1. The molecule has 0 fully saturated rings. The fraction of sp³-hybridized carbons (Fsp3) is 0.105. The molecule has 0 unspecified atom stereocenters. The van der Waals surface area contributed by atoms with E-state index in [9.17, 15) is 0 Å². The lowest BCUT2D eigenvalue weighted by Gasteiger charge is -2.18. The van der Waals surface area contributed by atoms with Gasteiger partial charge in [0.05, 0.1) is 0 Å². The highest BCUT2D eigenvalue weighted by Gasteiger charge is 2.17. The van der Waals surface area contributed by atoms with Gasteiger partial charge in [0.15, 0.2) is 0 Å². The number of ether oxygens (including phenoxy) is 7. The van der Waals surface area contributed by atoms with Crippen LogP contribution in [-0.4, -0.2) is 0 Å². The Balaban J connectivity index is 0.824. The van der Waals surface area contributed by atoms with Gasteiger partial charge < -0.3 is 33.2 Å². The molecule has 408 valence electrons. The molecule has 12 rings (SSSR count).